The standard InChI is InChI=1S/C27H32Cl2N2O4/c1-18(32)35-27-10-9-21(31(3)25(34)14-19-7-8-23(28)24(29)13-19)16-26(27,11-12-30(2)17-27)20-5-4-6-22(33)15-20/h4-8,13,15,21,33H,9-12,14,16-17H2,1-3H3/t21-,26-,27-/m0/s1. The second-order valence-corrected chi connectivity index (χ2v) is 10.8. The van der Waals surface area contributed by atoms with E-state index in [-0.39, 0.29) is 30.1 Å². The van der Waals surface area contributed by atoms with Crippen molar-refractivity contribution in [1.82, 2.24) is 9.80 Å². The van der Waals surface area contributed by atoms with Gasteiger partial charge in [0.05, 0.1) is 16.5 Å². The van der Waals surface area contributed by atoms with Gasteiger partial charge in [0.25, 0.3) is 0 Å². The summed E-state index contributed by atoms with van der Waals surface area (Å²) in [5.41, 5.74) is 0.500. The van der Waals surface area contributed by atoms with Gasteiger partial charge in [0.1, 0.15) is 11.4 Å². The summed E-state index contributed by atoms with van der Waals surface area (Å²) in [5, 5.41) is 11.2. The van der Waals surface area contributed by atoms with Crippen LogP contribution in [0, 0.1) is 0 Å². The molecular formula is C27H32Cl2N2O4. The van der Waals surface area contributed by atoms with Crippen LogP contribution in [0.15, 0.2) is 42.5 Å². The van der Waals surface area contributed by atoms with Gasteiger partial charge in [-0.3, -0.25) is 9.59 Å². The fraction of sp³-hybridized carbons (Fsp3) is 0.481. The predicted molar refractivity (Wildman–Crippen MR) is 137 cm³/mol. The third kappa shape index (κ3) is 5.02. The zero-order valence-corrected chi connectivity index (χ0v) is 21.9. The highest BCUT2D eigenvalue weighted by Crippen LogP contribution is 2.54. The summed E-state index contributed by atoms with van der Waals surface area (Å²) < 4.78 is 6.17. The van der Waals surface area contributed by atoms with Crippen LogP contribution in [0.1, 0.15) is 43.7 Å². The number of fused-ring (bicyclic) bond motifs is 1. The Hall–Kier alpha value is -2.28. The summed E-state index contributed by atoms with van der Waals surface area (Å²) >= 11 is 12.2. The van der Waals surface area contributed by atoms with E-state index in [1.165, 1.54) is 6.92 Å². The number of phenolic OH excluding ortho intramolecular Hbond substituents is 1. The Morgan fingerprint density at radius 2 is 1.94 bits per heavy atom. The molecule has 3 atom stereocenters. The van der Waals surface area contributed by atoms with Crippen molar-refractivity contribution < 1.29 is 19.4 Å². The number of carbonyl (C=O) groups is 2. The van der Waals surface area contributed by atoms with E-state index in [4.69, 9.17) is 27.9 Å². The van der Waals surface area contributed by atoms with Gasteiger partial charge in [-0.2, -0.15) is 0 Å². The van der Waals surface area contributed by atoms with Crippen LogP contribution >= 0.6 is 23.2 Å². The number of piperidine rings is 1. The molecule has 1 saturated heterocycles. The van der Waals surface area contributed by atoms with Gasteiger partial charge in [0.15, 0.2) is 0 Å². The summed E-state index contributed by atoms with van der Waals surface area (Å²) in [7, 11) is 3.88. The van der Waals surface area contributed by atoms with Crippen LogP contribution in [0.3, 0.4) is 0 Å². The van der Waals surface area contributed by atoms with Crippen LogP contribution in [0.4, 0.5) is 0 Å². The number of nitrogens with zero attached hydrogens (tertiary/aromatic N) is 2. The monoisotopic (exact) mass is 518 g/mol. The van der Waals surface area contributed by atoms with E-state index in [0.29, 0.717) is 35.9 Å². The molecule has 1 aliphatic carbocycles. The van der Waals surface area contributed by atoms with Gasteiger partial charge in [-0.25, -0.2) is 0 Å². The summed E-state index contributed by atoms with van der Waals surface area (Å²) in [6, 6.07) is 12.5. The molecule has 188 valence electrons. The normalized spacial score (nSPS) is 26.6. The molecule has 1 amide bonds. The molecule has 0 unspecified atom stereocenters. The lowest BCUT2D eigenvalue weighted by Crippen LogP contribution is -2.68. The number of likely N-dealkylation sites (tertiary alicyclic amines) is 1. The molecule has 1 aliphatic heterocycles. The van der Waals surface area contributed by atoms with Crippen molar-refractivity contribution >= 4 is 35.1 Å². The number of benzene rings is 2. The van der Waals surface area contributed by atoms with Crippen molar-refractivity contribution in [3.63, 3.8) is 0 Å². The molecule has 0 aromatic heterocycles. The first-order chi connectivity index (χ1) is 16.5. The fourth-order valence-electron chi connectivity index (χ4n) is 6.05. The number of hydrogen-bond donors (Lipinski definition) is 1. The maximum Gasteiger partial charge on any atom is 0.303 e. The van der Waals surface area contributed by atoms with Crippen LogP contribution in [-0.4, -0.2) is 65.6 Å². The van der Waals surface area contributed by atoms with Gasteiger partial charge >= 0.3 is 5.97 Å². The van der Waals surface area contributed by atoms with E-state index in [0.717, 1.165) is 24.1 Å². The van der Waals surface area contributed by atoms with E-state index in [9.17, 15) is 14.7 Å². The molecule has 35 heavy (non-hydrogen) atoms. The second kappa shape index (κ2) is 10.00. The maximum atomic E-state index is 13.3. The van der Waals surface area contributed by atoms with Crippen molar-refractivity contribution in [2.45, 2.75) is 56.1 Å². The first-order valence-corrected chi connectivity index (χ1v) is 12.7. The van der Waals surface area contributed by atoms with Gasteiger partial charge in [0, 0.05) is 32.0 Å². The van der Waals surface area contributed by atoms with Crippen molar-refractivity contribution in [1.29, 1.82) is 0 Å². The van der Waals surface area contributed by atoms with Gasteiger partial charge in [-0.1, -0.05) is 41.4 Å². The number of rotatable bonds is 5. The van der Waals surface area contributed by atoms with Crippen LogP contribution in [0.5, 0.6) is 5.75 Å². The smallest absolute Gasteiger partial charge is 0.303 e. The molecule has 1 N–H and O–H groups in total. The lowest BCUT2D eigenvalue weighted by molar-refractivity contribution is -0.188. The summed E-state index contributed by atoms with van der Waals surface area (Å²) in [4.78, 5) is 29.6. The van der Waals surface area contributed by atoms with Gasteiger partial charge < -0.3 is 19.6 Å². The first-order valence-electron chi connectivity index (χ1n) is 11.9. The summed E-state index contributed by atoms with van der Waals surface area (Å²) in [6.45, 7) is 2.89. The fourth-order valence-corrected chi connectivity index (χ4v) is 6.38. The number of carbonyl (C=O) groups excluding carboxylic acids is 2. The highest BCUT2D eigenvalue weighted by molar-refractivity contribution is 6.42. The van der Waals surface area contributed by atoms with Gasteiger partial charge in [0.2, 0.25) is 5.91 Å². The number of amides is 1. The van der Waals surface area contributed by atoms with E-state index in [1.54, 1.807) is 24.3 Å². The number of esters is 1. The largest absolute Gasteiger partial charge is 0.508 e. The van der Waals surface area contributed by atoms with Crippen molar-refractivity contribution in [2.24, 2.45) is 0 Å². The molecule has 1 heterocycles. The minimum atomic E-state index is -0.732. The van der Waals surface area contributed by atoms with Crippen LogP contribution in [0.2, 0.25) is 10.0 Å². The molecule has 6 nitrogen and oxygen atoms in total. The van der Waals surface area contributed by atoms with E-state index in [2.05, 4.69) is 4.90 Å². The Morgan fingerprint density at radius 1 is 1.17 bits per heavy atom. The number of likely N-dealkylation sites (N-methyl/N-ethyl adjacent to an activating group) is 2. The average Bonchev–Trinajstić information content (AvgIpc) is 2.80. The summed E-state index contributed by atoms with van der Waals surface area (Å²) in [5.74, 6) is -0.140. The van der Waals surface area contributed by atoms with Crippen molar-refractivity contribution in [3.05, 3.63) is 63.6 Å². The van der Waals surface area contributed by atoms with Gasteiger partial charge in [-0.15, -0.1) is 0 Å². The highest BCUT2D eigenvalue weighted by Gasteiger charge is 2.61. The number of hydrogen-bond acceptors (Lipinski definition) is 5. The lowest BCUT2D eigenvalue weighted by Gasteiger charge is -2.59. The Labute approximate surface area is 216 Å². The predicted octanol–water partition coefficient (Wildman–Crippen LogP) is 4.83. The minimum Gasteiger partial charge on any atom is -0.508 e. The van der Waals surface area contributed by atoms with Crippen molar-refractivity contribution in [3.8, 4) is 5.75 Å². The molecule has 1 saturated carbocycles. The van der Waals surface area contributed by atoms with E-state index < -0.39 is 11.0 Å². The molecule has 4 rings (SSSR count). The Morgan fingerprint density at radius 3 is 2.63 bits per heavy atom. The van der Waals surface area contributed by atoms with E-state index in [1.807, 2.05) is 37.2 Å². The molecule has 8 heteroatoms. The van der Waals surface area contributed by atoms with Crippen LogP contribution < -0.4 is 0 Å². The Balaban J connectivity index is 1.66. The van der Waals surface area contributed by atoms with Crippen LogP contribution in [0.25, 0.3) is 0 Å². The Kier molecular flexibility index (Phi) is 7.37. The minimum absolute atomic E-state index is 0.00707. The molecule has 0 bridgehead atoms. The lowest BCUT2D eigenvalue weighted by atomic mass is 9.55. The molecule has 0 spiro atoms. The van der Waals surface area contributed by atoms with Crippen LogP contribution in [-0.2, 0) is 26.2 Å². The first kappa shape index (κ1) is 25.8. The zero-order valence-electron chi connectivity index (χ0n) is 20.4. The quantitative estimate of drug-likeness (QED) is 0.574. The SMILES string of the molecule is CC(=O)O[C@]12CC[C@H](N(C)C(=O)Cc3ccc(Cl)c(Cl)c3)C[C@]1(c1cccc(O)c1)CCN(C)C2. The molecule has 0 radical (unpaired) electrons. The zero-order chi connectivity index (χ0) is 25.4. The number of halogens is 2. The Bertz CT molecular complexity index is 1130. The summed E-state index contributed by atoms with van der Waals surface area (Å²) in [6.07, 6.45) is 2.96. The van der Waals surface area contributed by atoms with Crippen molar-refractivity contribution in [2.75, 3.05) is 27.2 Å². The average molecular weight is 519 g/mol. The van der Waals surface area contributed by atoms with E-state index >= 15 is 0 Å². The molecular weight excluding hydrogens is 487 g/mol. The number of ether oxygens (including phenoxy) is 1. The third-order valence-electron chi connectivity index (χ3n) is 7.80. The number of aromatic hydroxyl groups is 1. The molecule has 2 aromatic rings. The topological polar surface area (TPSA) is 70.1 Å². The second-order valence-electron chi connectivity index (χ2n) is 10.0. The molecule has 2 aliphatic rings. The third-order valence-corrected chi connectivity index (χ3v) is 8.54. The number of phenols is 1. The highest BCUT2D eigenvalue weighted by atomic mass is 35.5. The maximum absolute atomic E-state index is 13.3. The molecule has 2 fully saturated rings. The molecule has 2 aromatic carbocycles. The van der Waals surface area contributed by atoms with Gasteiger partial charge in [-0.05, 0) is 74.7 Å².